The van der Waals surface area contributed by atoms with E-state index in [2.05, 4.69) is 57.6 Å². The van der Waals surface area contributed by atoms with E-state index in [1.165, 1.54) is 10.5 Å². The molecule has 3 nitrogen and oxygen atoms in total. The van der Waals surface area contributed by atoms with Crippen molar-refractivity contribution in [3.05, 3.63) is 48.7 Å². The average Bonchev–Trinajstić information content (AvgIpc) is 2.49. The van der Waals surface area contributed by atoms with Gasteiger partial charge in [0.2, 0.25) is 0 Å². The average molecular weight is 273 g/mol. The predicted molar refractivity (Wildman–Crippen MR) is 81.6 cm³/mol. The molecular weight excluding hydrogens is 254 g/mol. The minimum atomic E-state index is 0.261. The fraction of sp³-hybridized carbons (Fsp3) is 0.333. The number of nitrogens with one attached hydrogen (secondary N) is 1. The van der Waals surface area contributed by atoms with Gasteiger partial charge in [-0.25, -0.2) is 0 Å². The summed E-state index contributed by atoms with van der Waals surface area (Å²) >= 11 is 1.80. The molecule has 1 unspecified atom stereocenters. The van der Waals surface area contributed by atoms with E-state index < -0.39 is 0 Å². The van der Waals surface area contributed by atoms with E-state index >= 15 is 0 Å². The first-order chi connectivity index (χ1) is 9.38. The molecule has 0 amide bonds. The molecule has 0 bridgehead atoms. The maximum Gasteiger partial charge on any atom is 0.111 e. The Morgan fingerprint density at radius 1 is 1.26 bits per heavy atom. The molecule has 100 valence electrons. The van der Waals surface area contributed by atoms with Crippen LogP contribution in [0.4, 0.5) is 0 Å². The fourth-order valence-corrected chi connectivity index (χ4v) is 3.56. The summed E-state index contributed by atoms with van der Waals surface area (Å²) in [4.78, 5) is 3.78. The van der Waals surface area contributed by atoms with Crippen LogP contribution in [0, 0.1) is 0 Å². The normalized spacial score (nSPS) is 20.9. The van der Waals surface area contributed by atoms with Crippen LogP contribution in [0.1, 0.15) is 5.56 Å². The molecule has 2 aliphatic heterocycles. The summed E-state index contributed by atoms with van der Waals surface area (Å²) < 4.78 is 2.29. The largest absolute Gasteiger partial charge is 0.314 e. The Hall–Kier alpha value is -1.23. The molecule has 2 heterocycles. The van der Waals surface area contributed by atoms with Crippen LogP contribution in [-0.4, -0.2) is 41.5 Å². The minimum Gasteiger partial charge on any atom is -0.314 e. The van der Waals surface area contributed by atoms with Gasteiger partial charge in [-0.3, -0.25) is 9.21 Å². The van der Waals surface area contributed by atoms with E-state index in [1.807, 2.05) is 6.08 Å². The van der Waals surface area contributed by atoms with Gasteiger partial charge in [0.15, 0.2) is 0 Å². The number of nitrogens with zero attached hydrogens (tertiary/aromatic N) is 2. The quantitative estimate of drug-likeness (QED) is 0.673. The summed E-state index contributed by atoms with van der Waals surface area (Å²) in [6, 6.07) is 8.51. The lowest BCUT2D eigenvalue weighted by Crippen LogP contribution is -2.51. The van der Waals surface area contributed by atoms with E-state index in [0.717, 1.165) is 26.2 Å². The summed E-state index contributed by atoms with van der Waals surface area (Å²) in [5, 5.41) is 3.39. The smallest absolute Gasteiger partial charge is 0.111 e. The van der Waals surface area contributed by atoms with Crippen molar-refractivity contribution in [3.63, 3.8) is 0 Å². The van der Waals surface area contributed by atoms with Gasteiger partial charge < -0.3 is 5.32 Å². The Morgan fingerprint density at radius 3 is 2.84 bits per heavy atom. The van der Waals surface area contributed by atoms with Gasteiger partial charge in [0, 0.05) is 37.3 Å². The molecule has 2 aliphatic rings. The zero-order valence-electron chi connectivity index (χ0n) is 11.0. The second-order valence-electron chi connectivity index (χ2n) is 4.74. The topological polar surface area (TPSA) is 18.5 Å². The van der Waals surface area contributed by atoms with Crippen LogP contribution in [0.3, 0.4) is 0 Å². The van der Waals surface area contributed by atoms with Crippen LogP contribution >= 0.6 is 11.9 Å². The van der Waals surface area contributed by atoms with Crippen molar-refractivity contribution in [2.75, 3.05) is 26.2 Å². The van der Waals surface area contributed by atoms with Crippen LogP contribution in [0.15, 0.2) is 48.0 Å². The molecular formula is C15H19N3S. The lowest BCUT2D eigenvalue weighted by Gasteiger charge is -2.39. The highest BCUT2D eigenvalue weighted by Crippen LogP contribution is 2.34. The Labute approximate surface area is 119 Å². The van der Waals surface area contributed by atoms with E-state index in [9.17, 15) is 0 Å². The van der Waals surface area contributed by atoms with E-state index in [4.69, 9.17) is 0 Å². The van der Waals surface area contributed by atoms with Gasteiger partial charge in [-0.2, -0.15) is 0 Å². The summed E-state index contributed by atoms with van der Waals surface area (Å²) in [5.74, 6) is 0. The molecule has 0 aromatic heterocycles. The van der Waals surface area contributed by atoms with Crippen LogP contribution in [0.2, 0.25) is 0 Å². The number of fused-ring (bicyclic) bond motifs is 1. The summed E-state index contributed by atoms with van der Waals surface area (Å²) in [7, 11) is 0. The number of rotatable bonds is 3. The Balaban J connectivity index is 1.77. The van der Waals surface area contributed by atoms with Crippen molar-refractivity contribution in [3.8, 4) is 0 Å². The summed E-state index contributed by atoms with van der Waals surface area (Å²) in [6.07, 6.45) is 6.65. The highest BCUT2D eigenvalue weighted by Gasteiger charge is 2.24. The van der Waals surface area contributed by atoms with Gasteiger partial charge in [0.25, 0.3) is 0 Å². The Bertz CT molecular complexity index is 480. The molecule has 0 saturated carbocycles. The molecule has 3 rings (SSSR count). The molecule has 1 atom stereocenters. The molecule has 1 saturated heterocycles. The fourth-order valence-electron chi connectivity index (χ4n) is 2.50. The third-order valence-corrected chi connectivity index (χ3v) is 4.64. The highest BCUT2D eigenvalue weighted by atomic mass is 32.2. The van der Waals surface area contributed by atoms with E-state index in [1.54, 1.807) is 11.9 Å². The first-order valence-corrected chi connectivity index (χ1v) is 7.47. The summed E-state index contributed by atoms with van der Waals surface area (Å²) in [5.41, 5.74) is 1.30. The SMILES string of the molecule is C=CC(N1CCNCC1)N1C=Cc2ccccc2S1. The van der Waals surface area contributed by atoms with Gasteiger partial charge in [0.1, 0.15) is 6.17 Å². The van der Waals surface area contributed by atoms with Crippen LogP contribution in [0.25, 0.3) is 6.08 Å². The molecule has 4 heteroatoms. The summed E-state index contributed by atoms with van der Waals surface area (Å²) in [6.45, 7) is 8.28. The van der Waals surface area contributed by atoms with Crippen LogP contribution in [0.5, 0.6) is 0 Å². The van der Waals surface area contributed by atoms with Crippen molar-refractivity contribution in [2.45, 2.75) is 11.1 Å². The number of hydrogen-bond donors (Lipinski definition) is 1. The zero-order chi connectivity index (χ0) is 13.1. The molecule has 0 spiro atoms. The Kier molecular flexibility index (Phi) is 3.92. The molecule has 19 heavy (non-hydrogen) atoms. The number of hydrogen-bond acceptors (Lipinski definition) is 4. The lowest BCUT2D eigenvalue weighted by molar-refractivity contribution is 0.149. The Morgan fingerprint density at radius 2 is 2.05 bits per heavy atom. The maximum absolute atomic E-state index is 4.02. The molecule has 1 aromatic carbocycles. The van der Waals surface area contributed by atoms with Gasteiger partial charge in [-0.15, -0.1) is 0 Å². The third kappa shape index (κ3) is 2.71. The maximum atomic E-state index is 4.02. The van der Waals surface area contributed by atoms with Crippen molar-refractivity contribution in [1.82, 2.24) is 14.5 Å². The van der Waals surface area contributed by atoms with Crippen molar-refractivity contribution in [1.29, 1.82) is 0 Å². The number of piperazine rings is 1. The van der Waals surface area contributed by atoms with Gasteiger partial charge in [0.05, 0.1) is 0 Å². The first kappa shape index (κ1) is 12.8. The van der Waals surface area contributed by atoms with Gasteiger partial charge in [-0.05, 0) is 29.7 Å². The second-order valence-corrected chi connectivity index (χ2v) is 5.78. The standard InChI is InChI=1S/C15H19N3S/c1-2-15(17-11-8-16-9-12-17)18-10-7-13-5-3-4-6-14(13)19-18/h2-7,10,15-16H,1,8-9,11-12H2. The third-order valence-electron chi connectivity index (χ3n) is 3.52. The molecule has 1 aromatic rings. The van der Waals surface area contributed by atoms with Crippen molar-refractivity contribution in [2.24, 2.45) is 0 Å². The lowest BCUT2D eigenvalue weighted by atomic mass is 10.2. The predicted octanol–water partition coefficient (Wildman–Crippen LogP) is 2.40. The zero-order valence-corrected chi connectivity index (χ0v) is 11.8. The minimum absolute atomic E-state index is 0.261. The van der Waals surface area contributed by atoms with Crippen molar-refractivity contribution >= 4 is 18.0 Å². The monoisotopic (exact) mass is 273 g/mol. The molecule has 0 aliphatic carbocycles. The van der Waals surface area contributed by atoms with Crippen molar-refractivity contribution < 1.29 is 0 Å². The highest BCUT2D eigenvalue weighted by molar-refractivity contribution is 7.97. The van der Waals surface area contributed by atoms with Gasteiger partial charge >= 0.3 is 0 Å². The molecule has 1 fully saturated rings. The first-order valence-electron chi connectivity index (χ1n) is 6.69. The molecule has 0 radical (unpaired) electrons. The van der Waals surface area contributed by atoms with E-state index in [-0.39, 0.29) is 6.17 Å². The van der Waals surface area contributed by atoms with Crippen LogP contribution < -0.4 is 5.32 Å². The van der Waals surface area contributed by atoms with E-state index in [0.29, 0.717) is 0 Å². The van der Waals surface area contributed by atoms with Gasteiger partial charge in [-0.1, -0.05) is 30.9 Å². The van der Waals surface area contributed by atoms with Crippen LogP contribution in [-0.2, 0) is 0 Å². The number of benzene rings is 1. The second kappa shape index (κ2) is 5.82. The molecule has 1 N–H and O–H groups in total.